The normalized spacial score (nSPS) is 28.3. The fourth-order valence-corrected chi connectivity index (χ4v) is 4.63. The summed E-state index contributed by atoms with van der Waals surface area (Å²) < 4.78 is 20.7. The number of amides is 4. The van der Waals surface area contributed by atoms with Crippen LogP contribution in [0.25, 0.3) is 0 Å². The zero-order valence-corrected chi connectivity index (χ0v) is 15.1. The van der Waals surface area contributed by atoms with Crippen molar-refractivity contribution in [3.05, 3.63) is 28.4 Å². The topological polar surface area (TPSA) is 128 Å². The van der Waals surface area contributed by atoms with Crippen LogP contribution in [0.15, 0.2) is 12.1 Å². The van der Waals surface area contributed by atoms with Crippen LogP contribution in [0.3, 0.4) is 0 Å². The number of nitrogens with one attached hydrogen (secondary N) is 2. The van der Waals surface area contributed by atoms with E-state index in [1.54, 1.807) is 18.7 Å². The van der Waals surface area contributed by atoms with Gasteiger partial charge in [0.15, 0.2) is 11.2 Å². The molecule has 3 N–H and O–H groups in total. The predicted octanol–water partition coefficient (Wildman–Crippen LogP) is 0.516. The van der Waals surface area contributed by atoms with Crippen LogP contribution in [0.1, 0.15) is 19.4 Å². The number of morpholine rings is 1. The number of benzene rings is 1. The number of nitrogens with zero attached hydrogens (tertiary/aromatic N) is 2. The van der Waals surface area contributed by atoms with Gasteiger partial charge in [-0.1, -0.05) is 0 Å². The second-order valence-electron chi connectivity index (χ2n) is 7.34. The summed E-state index contributed by atoms with van der Waals surface area (Å²) in [6.45, 7) is 3.64. The molecule has 4 rings (SSSR count). The summed E-state index contributed by atoms with van der Waals surface area (Å²) in [4.78, 5) is 49.8. The van der Waals surface area contributed by atoms with Gasteiger partial charge in [0, 0.05) is 19.0 Å². The molecule has 11 heteroatoms. The first-order chi connectivity index (χ1) is 13.1. The van der Waals surface area contributed by atoms with Gasteiger partial charge in [-0.25, -0.2) is 14.4 Å². The van der Waals surface area contributed by atoms with Gasteiger partial charge < -0.3 is 9.64 Å². The van der Waals surface area contributed by atoms with Crippen molar-refractivity contribution < 1.29 is 33.6 Å². The van der Waals surface area contributed by atoms with E-state index in [1.165, 1.54) is 6.07 Å². The van der Waals surface area contributed by atoms with Gasteiger partial charge in [-0.15, -0.1) is 0 Å². The van der Waals surface area contributed by atoms with Crippen LogP contribution in [-0.2, 0) is 20.7 Å². The maximum atomic E-state index is 14.9. The Kier molecular flexibility index (Phi) is 3.89. The van der Waals surface area contributed by atoms with Crippen molar-refractivity contribution in [2.24, 2.45) is 5.41 Å². The number of ether oxygens (including phenoxy) is 1. The lowest BCUT2D eigenvalue weighted by Crippen LogP contribution is -2.75. The standard InChI is InChI=1S/C17H17FN4O6/c1-7-6-21-12-9(3-10(22(26)27)4-11(12)18)5-17(13(21)8(2)28-7)14(23)19-16(25)20-15(17)24/h3-4,7-8,13H,5-6H2,1-2H3,(H2-,19,20,23,24,25,26,27)/p+1/t7-,8+,13-/m1/s1. The highest BCUT2D eigenvalue weighted by Gasteiger charge is 2.63. The zero-order chi connectivity index (χ0) is 20.4. The first-order valence-corrected chi connectivity index (χ1v) is 8.72. The van der Waals surface area contributed by atoms with Crippen LogP contribution < -0.4 is 15.5 Å². The van der Waals surface area contributed by atoms with E-state index in [1.807, 2.05) is 0 Å². The van der Waals surface area contributed by atoms with Crippen molar-refractivity contribution in [1.82, 2.24) is 10.6 Å². The molecule has 4 amide bonds. The number of carbonyl (C=O) groups is 3. The Balaban J connectivity index is 1.96. The average molecular weight is 393 g/mol. The molecule has 2 fully saturated rings. The second-order valence-corrected chi connectivity index (χ2v) is 7.34. The van der Waals surface area contributed by atoms with Gasteiger partial charge >= 0.3 is 11.7 Å². The number of carbonyl (C=O) groups excluding carboxylic acids is 3. The molecule has 0 radical (unpaired) electrons. The van der Waals surface area contributed by atoms with Crippen molar-refractivity contribution in [3.63, 3.8) is 0 Å². The Hall–Kier alpha value is -3.08. The highest BCUT2D eigenvalue weighted by atomic mass is 19.1. The number of anilines is 1. The summed E-state index contributed by atoms with van der Waals surface area (Å²) in [6, 6.07) is 0.306. The molecule has 1 aromatic rings. The summed E-state index contributed by atoms with van der Waals surface area (Å²) in [5.41, 5.74) is -1.80. The molecule has 0 saturated carbocycles. The monoisotopic (exact) mass is 393 g/mol. The van der Waals surface area contributed by atoms with E-state index < -0.39 is 46.1 Å². The quantitative estimate of drug-likeness (QED) is 0.469. The lowest BCUT2D eigenvalue weighted by Gasteiger charge is -2.55. The molecule has 28 heavy (non-hydrogen) atoms. The Bertz CT molecular complexity index is 914. The summed E-state index contributed by atoms with van der Waals surface area (Å²) in [6.07, 6.45) is -1.22. The maximum absolute atomic E-state index is 14.9. The van der Waals surface area contributed by atoms with Gasteiger partial charge in [-0.2, -0.15) is 0 Å². The molecule has 3 heterocycles. The van der Waals surface area contributed by atoms with Gasteiger partial charge in [0.25, 0.3) is 4.92 Å². The minimum atomic E-state index is -1.77. The molecular weight excluding hydrogens is 375 g/mol. The minimum Gasteiger partial charge on any atom is -0.372 e. The first kappa shape index (κ1) is 18.3. The summed E-state index contributed by atoms with van der Waals surface area (Å²) >= 11 is 0. The Morgan fingerprint density at radius 1 is 1.25 bits per heavy atom. The van der Waals surface area contributed by atoms with Crippen LogP contribution >= 0.6 is 0 Å². The van der Waals surface area contributed by atoms with E-state index in [9.17, 15) is 28.9 Å². The molecule has 3 aliphatic rings. The third kappa shape index (κ3) is 2.39. The third-order valence-electron chi connectivity index (χ3n) is 5.56. The number of halogens is 1. The van der Waals surface area contributed by atoms with Crippen LogP contribution in [0, 0.1) is 16.1 Å². The molecule has 2 saturated heterocycles. The molecule has 3 atom stereocenters. The smallest absolute Gasteiger partial charge is 0.328 e. The third-order valence-corrected chi connectivity index (χ3v) is 5.56. The summed E-state index contributed by atoms with van der Waals surface area (Å²) in [5, 5.41) is 13.4. The molecule has 0 unspecified atom stereocenters. The van der Waals surface area contributed by atoms with Crippen molar-refractivity contribution in [3.8, 4) is 0 Å². The number of hydrogen-bond acceptors (Lipinski definition) is 6. The highest BCUT2D eigenvalue weighted by molar-refractivity contribution is 6.20. The van der Waals surface area contributed by atoms with Crippen LogP contribution in [0.2, 0.25) is 0 Å². The number of imide groups is 2. The summed E-state index contributed by atoms with van der Waals surface area (Å²) in [5.74, 6) is -2.40. The lowest BCUT2D eigenvalue weighted by atomic mass is 9.66. The second kappa shape index (κ2) is 5.96. The van der Waals surface area contributed by atoms with E-state index >= 15 is 0 Å². The summed E-state index contributed by atoms with van der Waals surface area (Å²) in [7, 11) is 0. The van der Waals surface area contributed by atoms with Crippen LogP contribution in [0.5, 0.6) is 0 Å². The van der Waals surface area contributed by atoms with Crippen molar-refractivity contribution >= 4 is 29.2 Å². The van der Waals surface area contributed by atoms with Gasteiger partial charge in [0.1, 0.15) is 0 Å². The minimum absolute atomic E-state index is 0.140. The number of urea groups is 1. The number of barbiturate groups is 1. The molecule has 10 nitrogen and oxygen atoms in total. The fraction of sp³-hybridized carbons (Fsp3) is 0.471. The largest absolute Gasteiger partial charge is 0.372 e. The lowest BCUT2D eigenvalue weighted by molar-refractivity contribution is -0.729. The van der Waals surface area contributed by atoms with Crippen LogP contribution in [0.4, 0.5) is 20.6 Å². The van der Waals surface area contributed by atoms with E-state index in [2.05, 4.69) is 10.6 Å². The molecule has 148 valence electrons. The van der Waals surface area contributed by atoms with E-state index in [-0.39, 0.29) is 36.0 Å². The van der Waals surface area contributed by atoms with Crippen molar-refractivity contribution in [1.29, 1.82) is 0 Å². The zero-order valence-electron chi connectivity index (χ0n) is 15.1. The van der Waals surface area contributed by atoms with Gasteiger partial charge in [-0.3, -0.25) is 20.2 Å². The molecule has 0 aliphatic carbocycles. The Morgan fingerprint density at radius 3 is 2.50 bits per heavy atom. The number of hydrogen-bond donors (Lipinski definition) is 3. The van der Waals surface area contributed by atoms with E-state index in [0.717, 1.165) is 6.07 Å². The van der Waals surface area contributed by atoms with Crippen molar-refractivity contribution in [2.45, 2.75) is 38.5 Å². The number of rotatable bonds is 1. The SMILES string of the molecule is C[C@@H]1CN2c3c(F)cc([N+](=O)O)cc3CC3(C(=O)NC(=O)NC3=O)[C@H]2[C@H](C)O1. The molecule has 3 aliphatic heterocycles. The molecule has 1 spiro atoms. The molecule has 0 bridgehead atoms. The number of fused-ring (bicyclic) bond motifs is 4. The Morgan fingerprint density at radius 2 is 1.89 bits per heavy atom. The molecule has 1 aromatic carbocycles. The average Bonchev–Trinajstić information content (AvgIpc) is 2.58. The van der Waals surface area contributed by atoms with Crippen LogP contribution in [-0.4, -0.2) is 52.8 Å². The molecular formula is C17H18FN4O6+. The van der Waals surface area contributed by atoms with E-state index in [4.69, 9.17) is 4.74 Å². The van der Waals surface area contributed by atoms with Gasteiger partial charge in [0.2, 0.25) is 11.8 Å². The van der Waals surface area contributed by atoms with Gasteiger partial charge in [0.05, 0.1) is 34.9 Å². The Labute approximate surface area is 158 Å². The van der Waals surface area contributed by atoms with Gasteiger partial charge in [-0.05, 0) is 19.4 Å². The first-order valence-electron chi connectivity index (χ1n) is 8.72. The fourth-order valence-electron chi connectivity index (χ4n) is 4.63. The predicted molar refractivity (Wildman–Crippen MR) is 90.4 cm³/mol. The molecule has 0 aromatic heterocycles. The highest BCUT2D eigenvalue weighted by Crippen LogP contribution is 2.48. The maximum Gasteiger partial charge on any atom is 0.328 e. The van der Waals surface area contributed by atoms with E-state index in [0.29, 0.717) is 0 Å². The van der Waals surface area contributed by atoms with Crippen molar-refractivity contribution in [2.75, 3.05) is 11.4 Å².